The van der Waals surface area contributed by atoms with E-state index in [0.29, 0.717) is 31.7 Å². The van der Waals surface area contributed by atoms with E-state index in [1.807, 2.05) is 42.5 Å². The Hall–Kier alpha value is -3.46. The Morgan fingerprint density at radius 2 is 1.73 bits per heavy atom. The molecule has 1 heterocycles. The van der Waals surface area contributed by atoms with Crippen LogP contribution in [0, 0.1) is 11.8 Å². The van der Waals surface area contributed by atoms with Gasteiger partial charge >= 0.3 is 5.97 Å². The van der Waals surface area contributed by atoms with Gasteiger partial charge in [0.05, 0.1) is 13.2 Å². The van der Waals surface area contributed by atoms with Crippen LogP contribution in [0.5, 0.6) is 0 Å². The molecule has 2 fully saturated rings. The number of rotatable bonds is 11. The fourth-order valence-corrected chi connectivity index (χ4v) is 4.97. The molecule has 9 heteroatoms. The van der Waals surface area contributed by atoms with E-state index in [1.165, 1.54) is 7.11 Å². The largest absolute Gasteiger partial charge is 0.467 e. The van der Waals surface area contributed by atoms with Crippen molar-refractivity contribution in [3.05, 3.63) is 48.0 Å². The molecule has 1 saturated carbocycles. The summed E-state index contributed by atoms with van der Waals surface area (Å²) in [7, 11) is 1.25. The van der Waals surface area contributed by atoms with E-state index in [9.17, 15) is 19.2 Å². The maximum absolute atomic E-state index is 13.3. The van der Waals surface area contributed by atoms with Crippen LogP contribution in [0.4, 0.5) is 0 Å². The summed E-state index contributed by atoms with van der Waals surface area (Å²) in [5.74, 6) is -1.68. The first-order chi connectivity index (χ1) is 17.9. The molecular formula is C28H36N4O5. The number of nitrogens with two attached hydrogens (primary N) is 1. The number of methoxy groups -OCH3 is 1. The molecule has 2 aromatic carbocycles. The fourth-order valence-electron chi connectivity index (χ4n) is 4.97. The average molecular weight is 509 g/mol. The van der Waals surface area contributed by atoms with E-state index in [-0.39, 0.29) is 18.2 Å². The Kier molecular flexibility index (Phi) is 8.76. The molecule has 0 unspecified atom stereocenters. The second kappa shape index (κ2) is 12.2. The van der Waals surface area contributed by atoms with Gasteiger partial charge in [-0.2, -0.15) is 0 Å². The summed E-state index contributed by atoms with van der Waals surface area (Å²) in [4.78, 5) is 51.0. The van der Waals surface area contributed by atoms with Gasteiger partial charge in [-0.25, -0.2) is 4.79 Å². The van der Waals surface area contributed by atoms with Crippen LogP contribution >= 0.6 is 0 Å². The Balaban J connectivity index is 1.42. The lowest BCUT2D eigenvalue weighted by Gasteiger charge is -2.27. The Morgan fingerprint density at radius 3 is 2.46 bits per heavy atom. The van der Waals surface area contributed by atoms with Crippen molar-refractivity contribution >= 4 is 34.5 Å². The zero-order valence-corrected chi connectivity index (χ0v) is 21.2. The SMILES string of the molecule is COC(=O)[C@H](C[C@@H]1CCCNC1=O)NC(=O)[C@H](CC1CC1)NC(=O)[C@@H](N)Cc1cccc2ccccc12. The van der Waals surface area contributed by atoms with Crippen LogP contribution in [-0.2, 0) is 30.3 Å². The van der Waals surface area contributed by atoms with E-state index in [0.717, 1.165) is 35.6 Å². The van der Waals surface area contributed by atoms with Crippen molar-refractivity contribution in [2.24, 2.45) is 17.6 Å². The van der Waals surface area contributed by atoms with Gasteiger partial charge in [-0.15, -0.1) is 0 Å². The molecule has 5 N–H and O–H groups in total. The highest BCUT2D eigenvalue weighted by molar-refractivity contribution is 5.93. The van der Waals surface area contributed by atoms with E-state index in [4.69, 9.17) is 10.5 Å². The minimum atomic E-state index is -0.977. The number of ether oxygens (including phenoxy) is 1. The maximum atomic E-state index is 13.3. The van der Waals surface area contributed by atoms with Crippen molar-refractivity contribution in [3.8, 4) is 0 Å². The lowest BCUT2D eigenvalue weighted by molar-refractivity contribution is -0.146. The molecular weight excluding hydrogens is 472 g/mol. The third-order valence-corrected chi connectivity index (χ3v) is 7.28. The molecule has 2 aliphatic rings. The van der Waals surface area contributed by atoms with E-state index >= 15 is 0 Å². The molecule has 0 radical (unpaired) electrons. The maximum Gasteiger partial charge on any atom is 0.328 e. The number of esters is 1. The second-order valence-corrected chi connectivity index (χ2v) is 10.1. The van der Waals surface area contributed by atoms with E-state index < -0.39 is 35.9 Å². The monoisotopic (exact) mass is 508 g/mol. The van der Waals surface area contributed by atoms with E-state index in [2.05, 4.69) is 16.0 Å². The summed E-state index contributed by atoms with van der Waals surface area (Å²) >= 11 is 0. The van der Waals surface area contributed by atoms with E-state index in [1.54, 1.807) is 0 Å². The zero-order valence-electron chi connectivity index (χ0n) is 21.2. The number of piperidine rings is 1. The highest BCUT2D eigenvalue weighted by Gasteiger charge is 2.35. The molecule has 1 aliphatic carbocycles. The molecule has 1 aliphatic heterocycles. The van der Waals surface area contributed by atoms with Crippen LogP contribution < -0.4 is 21.7 Å². The first-order valence-electron chi connectivity index (χ1n) is 13.0. The van der Waals surface area contributed by atoms with Gasteiger partial charge in [-0.1, -0.05) is 55.3 Å². The van der Waals surface area contributed by atoms with Gasteiger partial charge in [0.15, 0.2) is 0 Å². The van der Waals surface area contributed by atoms with Crippen LogP contribution in [0.1, 0.15) is 44.1 Å². The molecule has 2 aromatic rings. The topological polar surface area (TPSA) is 140 Å². The number of carbonyl (C=O) groups excluding carboxylic acids is 4. The van der Waals surface area contributed by atoms with Crippen molar-refractivity contribution in [2.75, 3.05) is 13.7 Å². The quantitative estimate of drug-likeness (QED) is 0.340. The number of hydrogen-bond acceptors (Lipinski definition) is 6. The predicted octanol–water partition coefficient (Wildman–Crippen LogP) is 1.57. The Bertz CT molecular complexity index is 1140. The number of nitrogens with one attached hydrogen (secondary N) is 3. The number of fused-ring (bicyclic) bond motifs is 1. The van der Waals surface area contributed by atoms with Crippen LogP contribution in [-0.4, -0.2) is 55.5 Å². The minimum absolute atomic E-state index is 0.128. The van der Waals surface area contributed by atoms with Crippen molar-refractivity contribution in [1.82, 2.24) is 16.0 Å². The number of hydrogen-bond donors (Lipinski definition) is 4. The lowest BCUT2D eigenvalue weighted by atomic mass is 9.91. The van der Waals surface area contributed by atoms with Crippen molar-refractivity contribution in [1.29, 1.82) is 0 Å². The molecule has 4 rings (SSSR count). The third kappa shape index (κ3) is 7.07. The number of benzene rings is 2. The Labute approximate surface area is 216 Å². The summed E-state index contributed by atoms with van der Waals surface area (Å²) in [6, 6.07) is 11.2. The molecule has 4 atom stereocenters. The van der Waals surface area contributed by atoms with Crippen LogP contribution in [0.15, 0.2) is 42.5 Å². The molecule has 3 amide bonds. The molecule has 1 saturated heterocycles. The van der Waals surface area contributed by atoms with Gasteiger partial charge < -0.3 is 26.4 Å². The summed E-state index contributed by atoms with van der Waals surface area (Å²) in [5, 5.41) is 10.5. The van der Waals surface area contributed by atoms with Crippen LogP contribution in [0.2, 0.25) is 0 Å². The van der Waals surface area contributed by atoms with Gasteiger partial charge in [0.1, 0.15) is 12.1 Å². The normalized spacial score (nSPS) is 19.8. The smallest absolute Gasteiger partial charge is 0.328 e. The van der Waals surface area contributed by atoms with Gasteiger partial charge in [0.25, 0.3) is 0 Å². The minimum Gasteiger partial charge on any atom is -0.467 e. The first-order valence-corrected chi connectivity index (χ1v) is 13.0. The summed E-state index contributed by atoms with van der Waals surface area (Å²) in [6.45, 7) is 0.610. The Morgan fingerprint density at radius 1 is 1.00 bits per heavy atom. The second-order valence-electron chi connectivity index (χ2n) is 10.1. The van der Waals surface area contributed by atoms with Crippen LogP contribution in [0.25, 0.3) is 10.8 Å². The summed E-state index contributed by atoms with van der Waals surface area (Å²) in [6.07, 6.45) is 4.38. The molecule has 9 nitrogen and oxygen atoms in total. The van der Waals surface area contributed by atoms with Gasteiger partial charge in [0.2, 0.25) is 17.7 Å². The van der Waals surface area contributed by atoms with Crippen molar-refractivity contribution < 1.29 is 23.9 Å². The zero-order chi connectivity index (χ0) is 26.4. The number of amides is 3. The van der Waals surface area contributed by atoms with Gasteiger partial charge in [-0.05, 0) is 54.4 Å². The van der Waals surface area contributed by atoms with Crippen molar-refractivity contribution in [2.45, 2.75) is 63.1 Å². The van der Waals surface area contributed by atoms with Gasteiger partial charge in [-0.3, -0.25) is 14.4 Å². The highest BCUT2D eigenvalue weighted by atomic mass is 16.5. The molecule has 0 aromatic heterocycles. The van der Waals surface area contributed by atoms with Gasteiger partial charge in [0, 0.05) is 12.5 Å². The lowest BCUT2D eigenvalue weighted by Crippen LogP contribution is -2.55. The molecule has 37 heavy (non-hydrogen) atoms. The molecule has 198 valence electrons. The van der Waals surface area contributed by atoms with Crippen molar-refractivity contribution in [3.63, 3.8) is 0 Å². The van der Waals surface area contributed by atoms with Crippen LogP contribution in [0.3, 0.4) is 0 Å². The predicted molar refractivity (Wildman–Crippen MR) is 139 cm³/mol. The standard InChI is InChI=1S/C28H36N4O5/c1-37-28(36)24(16-20-9-5-13-30-25(20)33)32-27(35)23(14-17-11-12-17)31-26(34)22(29)15-19-8-4-7-18-6-2-3-10-21(18)19/h2-4,6-8,10,17,20,22-24H,5,9,11-16,29H2,1H3,(H,30,33)(H,31,34)(H,32,35)/t20-,22-,23-,24-/m0/s1. The molecule has 0 bridgehead atoms. The fraction of sp³-hybridized carbons (Fsp3) is 0.500. The summed E-state index contributed by atoms with van der Waals surface area (Å²) < 4.78 is 4.89. The summed E-state index contributed by atoms with van der Waals surface area (Å²) in [5.41, 5.74) is 7.24. The third-order valence-electron chi connectivity index (χ3n) is 7.28. The number of carbonyl (C=O) groups is 4. The average Bonchev–Trinajstić information content (AvgIpc) is 3.73. The highest BCUT2D eigenvalue weighted by Crippen LogP contribution is 2.33. The molecule has 0 spiro atoms. The first kappa shape index (κ1) is 26.6.